The average Bonchev–Trinajstić information content (AvgIpc) is 2.97. The SMILES string of the molecule is CCOc1ccc(C2Nc3ccccc3NC3=C2C(=O)CC(c2ccccc2Cl)C3)cc1. The highest BCUT2D eigenvalue weighted by Crippen LogP contribution is 2.45. The fraction of sp³-hybridized carbons (Fsp3) is 0.222. The number of ketones is 1. The van der Waals surface area contributed by atoms with E-state index >= 15 is 0 Å². The first kappa shape index (κ1) is 20.7. The van der Waals surface area contributed by atoms with Crippen LogP contribution in [-0.2, 0) is 4.79 Å². The molecule has 0 amide bonds. The lowest BCUT2D eigenvalue weighted by molar-refractivity contribution is -0.116. The number of fused-ring (bicyclic) bond motifs is 1. The summed E-state index contributed by atoms with van der Waals surface area (Å²) >= 11 is 6.49. The van der Waals surface area contributed by atoms with Crippen molar-refractivity contribution in [3.63, 3.8) is 0 Å². The number of ether oxygens (including phenoxy) is 1. The van der Waals surface area contributed by atoms with Gasteiger partial charge in [0.2, 0.25) is 0 Å². The number of halogens is 1. The molecule has 0 radical (unpaired) electrons. The van der Waals surface area contributed by atoms with Crippen LogP contribution in [0.4, 0.5) is 11.4 Å². The number of carbonyl (C=O) groups is 1. The Labute approximate surface area is 193 Å². The van der Waals surface area contributed by atoms with Gasteiger partial charge in [-0.05, 0) is 60.7 Å². The van der Waals surface area contributed by atoms with Crippen molar-refractivity contribution in [1.82, 2.24) is 0 Å². The Kier molecular flexibility index (Phi) is 5.62. The molecule has 5 heteroatoms. The predicted molar refractivity (Wildman–Crippen MR) is 129 cm³/mol. The monoisotopic (exact) mass is 444 g/mol. The molecule has 0 saturated heterocycles. The van der Waals surface area contributed by atoms with Crippen molar-refractivity contribution >= 4 is 28.8 Å². The number of carbonyl (C=O) groups excluding carboxylic acids is 1. The molecule has 2 unspecified atom stereocenters. The summed E-state index contributed by atoms with van der Waals surface area (Å²) in [6, 6.07) is 23.7. The molecule has 32 heavy (non-hydrogen) atoms. The minimum Gasteiger partial charge on any atom is -0.494 e. The van der Waals surface area contributed by atoms with Gasteiger partial charge in [-0.2, -0.15) is 0 Å². The minimum atomic E-state index is -0.239. The number of allylic oxidation sites excluding steroid dienone is 1. The Morgan fingerprint density at radius 2 is 1.66 bits per heavy atom. The Balaban J connectivity index is 1.58. The lowest BCUT2D eigenvalue weighted by Crippen LogP contribution is -2.27. The number of benzene rings is 3. The molecule has 3 aromatic carbocycles. The Bertz CT molecular complexity index is 1190. The maximum atomic E-state index is 13.6. The standard InChI is InChI=1S/C27H25ClN2O2/c1-2-32-19-13-11-17(12-14-19)27-26-24(29-22-9-5-6-10-23(22)30-27)15-18(16-25(26)31)20-7-3-4-8-21(20)28/h3-14,18,27,29-30H,2,15-16H2,1H3. The van der Waals surface area contributed by atoms with E-state index in [2.05, 4.69) is 10.6 Å². The normalized spacial score (nSPS) is 19.9. The zero-order valence-electron chi connectivity index (χ0n) is 17.9. The van der Waals surface area contributed by atoms with Crippen molar-refractivity contribution in [3.8, 4) is 5.75 Å². The third-order valence-corrected chi connectivity index (χ3v) is 6.52. The second-order valence-electron chi connectivity index (χ2n) is 8.19. The quantitative estimate of drug-likeness (QED) is 0.469. The first-order valence-electron chi connectivity index (χ1n) is 11.0. The van der Waals surface area contributed by atoms with Gasteiger partial charge < -0.3 is 15.4 Å². The largest absolute Gasteiger partial charge is 0.494 e. The van der Waals surface area contributed by atoms with Gasteiger partial charge in [-0.25, -0.2) is 0 Å². The fourth-order valence-corrected chi connectivity index (χ4v) is 4.98. The van der Waals surface area contributed by atoms with Crippen molar-refractivity contribution < 1.29 is 9.53 Å². The number of anilines is 2. The number of hydrogen-bond donors (Lipinski definition) is 2. The molecule has 0 saturated carbocycles. The van der Waals surface area contributed by atoms with E-state index in [9.17, 15) is 4.79 Å². The van der Waals surface area contributed by atoms with Gasteiger partial charge in [0.05, 0.1) is 24.0 Å². The van der Waals surface area contributed by atoms with E-state index in [1.165, 1.54) is 0 Å². The molecule has 0 aromatic heterocycles. The smallest absolute Gasteiger partial charge is 0.163 e. The summed E-state index contributed by atoms with van der Waals surface area (Å²) in [7, 11) is 0. The highest BCUT2D eigenvalue weighted by Gasteiger charge is 2.36. The Morgan fingerprint density at radius 1 is 0.938 bits per heavy atom. The summed E-state index contributed by atoms with van der Waals surface area (Å²) in [6.45, 7) is 2.59. The molecule has 0 spiro atoms. The zero-order valence-corrected chi connectivity index (χ0v) is 18.7. The molecule has 1 aliphatic carbocycles. The first-order chi connectivity index (χ1) is 15.6. The van der Waals surface area contributed by atoms with Crippen LogP contribution < -0.4 is 15.4 Å². The number of hydrogen-bond acceptors (Lipinski definition) is 4. The molecule has 162 valence electrons. The van der Waals surface area contributed by atoms with Crippen molar-refractivity contribution in [3.05, 3.63) is 100 Å². The van der Waals surface area contributed by atoms with Gasteiger partial charge in [0, 0.05) is 22.7 Å². The summed E-state index contributed by atoms with van der Waals surface area (Å²) in [6.07, 6.45) is 1.17. The van der Waals surface area contributed by atoms with Crippen LogP contribution in [0.15, 0.2) is 84.1 Å². The summed E-state index contributed by atoms with van der Waals surface area (Å²) in [4.78, 5) is 13.6. The maximum Gasteiger partial charge on any atom is 0.163 e. The van der Waals surface area contributed by atoms with Gasteiger partial charge in [0.1, 0.15) is 5.75 Å². The number of nitrogens with one attached hydrogen (secondary N) is 2. The van der Waals surface area contributed by atoms with Crippen LogP contribution in [0, 0.1) is 0 Å². The van der Waals surface area contributed by atoms with Gasteiger partial charge in [0.15, 0.2) is 5.78 Å². The fourth-order valence-electron chi connectivity index (χ4n) is 4.69. The van der Waals surface area contributed by atoms with Crippen LogP contribution in [0.3, 0.4) is 0 Å². The molecule has 4 nitrogen and oxygen atoms in total. The summed E-state index contributed by atoms with van der Waals surface area (Å²) in [5.74, 6) is 1.02. The molecular formula is C27H25ClN2O2. The van der Waals surface area contributed by atoms with E-state index in [-0.39, 0.29) is 17.7 Å². The molecule has 1 aliphatic heterocycles. The molecule has 3 aromatic rings. The molecule has 2 atom stereocenters. The van der Waals surface area contributed by atoms with E-state index in [0.29, 0.717) is 18.1 Å². The van der Waals surface area contributed by atoms with Gasteiger partial charge >= 0.3 is 0 Å². The first-order valence-corrected chi connectivity index (χ1v) is 11.4. The minimum absolute atomic E-state index is 0.0497. The van der Waals surface area contributed by atoms with Crippen LogP contribution in [0.25, 0.3) is 0 Å². The number of para-hydroxylation sites is 2. The highest BCUT2D eigenvalue weighted by molar-refractivity contribution is 6.31. The zero-order chi connectivity index (χ0) is 22.1. The summed E-state index contributed by atoms with van der Waals surface area (Å²) < 4.78 is 5.61. The van der Waals surface area contributed by atoms with Gasteiger partial charge in [-0.15, -0.1) is 0 Å². The third-order valence-electron chi connectivity index (χ3n) is 6.18. The average molecular weight is 445 g/mol. The van der Waals surface area contributed by atoms with Gasteiger partial charge in [-0.1, -0.05) is 54.1 Å². The molecule has 0 fully saturated rings. The lowest BCUT2D eigenvalue weighted by Gasteiger charge is -2.30. The van der Waals surface area contributed by atoms with E-state index in [0.717, 1.165) is 45.9 Å². The Morgan fingerprint density at radius 3 is 2.41 bits per heavy atom. The van der Waals surface area contributed by atoms with Crippen LogP contribution in [0.2, 0.25) is 5.02 Å². The predicted octanol–water partition coefficient (Wildman–Crippen LogP) is 6.72. The second kappa shape index (κ2) is 8.71. The van der Waals surface area contributed by atoms with Crippen LogP contribution >= 0.6 is 11.6 Å². The summed E-state index contributed by atoms with van der Waals surface area (Å²) in [5, 5.41) is 7.90. The second-order valence-corrected chi connectivity index (χ2v) is 8.60. The molecular weight excluding hydrogens is 420 g/mol. The van der Waals surface area contributed by atoms with Crippen molar-refractivity contribution in [2.75, 3.05) is 17.2 Å². The lowest BCUT2D eigenvalue weighted by atomic mass is 9.78. The third kappa shape index (κ3) is 3.87. The molecule has 0 bridgehead atoms. The van der Waals surface area contributed by atoms with E-state index in [1.54, 1.807) is 0 Å². The van der Waals surface area contributed by atoms with E-state index in [1.807, 2.05) is 79.7 Å². The van der Waals surface area contributed by atoms with Crippen molar-refractivity contribution in [2.24, 2.45) is 0 Å². The van der Waals surface area contributed by atoms with Gasteiger partial charge in [0.25, 0.3) is 0 Å². The topological polar surface area (TPSA) is 50.4 Å². The van der Waals surface area contributed by atoms with Crippen LogP contribution in [-0.4, -0.2) is 12.4 Å². The maximum absolute atomic E-state index is 13.6. The molecule has 2 N–H and O–H groups in total. The summed E-state index contributed by atoms with van der Waals surface area (Å²) in [5.41, 5.74) is 5.77. The Hall–Kier alpha value is -3.24. The highest BCUT2D eigenvalue weighted by atomic mass is 35.5. The van der Waals surface area contributed by atoms with Gasteiger partial charge in [-0.3, -0.25) is 4.79 Å². The van der Waals surface area contributed by atoms with Crippen molar-refractivity contribution in [2.45, 2.75) is 31.7 Å². The molecule has 2 aliphatic rings. The number of rotatable bonds is 4. The van der Waals surface area contributed by atoms with Crippen LogP contribution in [0.1, 0.15) is 42.9 Å². The van der Waals surface area contributed by atoms with E-state index in [4.69, 9.17) is 16.3 Å². The number of Topliss-reactive ketones (excluding diaryl/α,β-unsaturated/α-hetero) is 1. The molecule has 1 heterocycles. The van der Waals surface area contributed by atoms with E-state index < -0.39 is 0 Å². The molecule has 5 rings (SSSR count). The van der Waals surface area contributed by atoms with Crippen LogP contribution in [0.5, 0.6) is 5.75 Å². The van der Waals surface area contributed by atoms with Crippen molar-refractivity contribution in [1.29, 1.82) is 0 Å².